The number of ether oxygens (including phenoxy) is 1. The van der Waals surface area contributed by atoms with Crippen LogP contribution in [0.3, 0.4) is 0 Å². The molecule has 7 heteroatoms. The van der Waals surface area contributed by atoms with Gasteiger partial charge in [-0.15, -0.1) is 0 Å². The zero-order chi connectivity index (χ0) is 25.1. The number of nitrogens with two attached hydrogens (primary N) is 1. The maximum atomic E-state index is 13.1. The van der Waals surface area contributed by atoms with Crippen molar-refractivity contribution >= 4 is 28.6 Å². The van der Waals surface area contributed by atoms with E-state index in [4.69, 9.17) is 25.8 Å². The molecule has 0 bridgehead atoms. The molecule has 1 aliphatic heterocycles. The molecule has 0 saturated carbocycles. The maximum absolute atomic E-state index is 13.1. The van der Waals surface area contributed by atoms with Crippen LogP contribution in [0, 0.1) is 5.41 Å². The van der Waals surface area contributed by atoms with Gasteiger partial charge in [-0.05, 0) is 28.8 Å². The normalized spacial score (nSPS) is 14.0. The molecule has 0 spiro atoms. The second-order valence-electron chi connectivity index (χ2n) is 8.79. The van der Waals surface area contributed by atoms with Gasteiger partial charge in [0, 0.05) is 61.8 Å². The molecule has 1 amide bonds. The van der Waals surface area contributed by atoms with Gasteiger partial charge in [0.2, 0.25) is 0 Å². The fraction of sp³-hybridized carbons (Fsp3) is 0.172. The third kappa shape index (κ3) is 4.48. The van der Waals surface area contributed by atoms with Crippen molar-refractivity contribution in [1.29, 1.82) is 5.41 Å². The van der Waals surface area contributed by atoms with E-state index in [1.165, 1.54) is 12.4 Å². The van der Waals surface area contributed by atoms with Crippen LogP contribution in [-0.4, -0.2) is 53.3 Å². The molecule has 3 heterocycles. The van der Waals surface area contributed by atoms with Crippen LogP contribution in [0.4, 0.5) is 0 Å². The summed E-state index contributed by atoms with van der Waals surface area (Å²) < 4.78 is 5.32. The van der Waals surface area contributed by atoms with Gasteiger partial charge in [0.25, 0.3) is 5.91 Å². The average molecular weight is 478 g/mol. The molecule has 1 aliphatic rings. The van der Waals surface area contributed by atoms with Crippen LogP contribution in [0.1, 0.15) is 27.3 Å². The zero-order valence-electron chi connectivity index (χ0n) is 20.0. The van der Waals surface area contributed by atoms with Crippen molar-refractivity contribution < 1.29 is 9.53 Å². The van der Waals surface area contributed by atoms with E-state index in [9.17, 15) is 4.79 Å². The van der Waals surface area contributed by atoms with E-state index in [2.05, 4.69) is 12.1 Å². The lowest BCUT2D eigenvalue weighted by atomic mass is 9.98. The number of likely N-dealkylation sites (tertiary alicyclic amines) is 1. The minimum absolute atomic E-state index is 0.0820. The van der Waals surface area contributed by atoms with Crippen molar-refractivity contribution in [3.05, 3.63) is 102 Å². The minimum Gasteiger partial charge on any atom is -0.404 e. The molecule has 3 N–H and O–H groups in total. The summed E-state index contributed by atoms with van der Waals surface area (Å²) in [5.41, 5.74) is 12.1. The van der Waals surface area contributed by atoms with E-state index in [0.717, 1.165) is 38.9 Å². The minimum atomic E-state index is -0.100. The van der Waals surface area contributed by atoms with Crippen LogP contribution < -0.4 is 5.73 Å². The molecular weight excluding hydrogens is 450 g/mol. The van der Waals surface area contributed by atoms with Crippen molar-refractivity contribution in [2.24, 2.45) is 5.73 Å². The lowest BCUT2D eigenvalue weighted by Gasteiger charge is -2.37. The molecule has 5 rings (SSSR count). The highest BCUT2D eigenvalue weighted by Gasteiger charge is 2.32. The number of carbonyl (C=O) groups excluding carboxylic acids is 1. The second kappa shape index (κ2) is 10.1. The summed E-state index contributed by atoms with van der Waals surface area (Å²) in [4.78, 5) is 24.5. The first-order chi connectivity index (χ1) is 17.6. The van der Waals surface area contributed by atoms with Crippen LogP contribution in [0.5, 0.6) is 0 Å². The zero-order valence-corrected chi connectivity index (χ0v) is 20.0. The van der Waals surface area contributed by atoms with E-state index >= 15 is 0 Å². The fourth-order valence-electron chi connectivity index (χ4n) is 4.42. The van der Waals surface area contributed by atoms with Gasteiger partial charge in [0.15, 0.2) is 0 Å². The van der Waals surface area contributed by atoms with E-state index in [0.29, 0.717) is 30.8 Å². The predicted molar refractivity (Wildman–Crippen MR) is 142 cm³/mol. The molecule has 4 aromatic rings. The summed E-state index contributed by atoms with van der Waals surface area (Å²) in [5.74, 6) is -0.100. The van der Waals surface area contributed by atoms with E-state index < -0.39 is 0 Å². The molecule has 0 radical (unpaired) electrons. The number of amides is 1. The summed E-state index contributed by atoms with van der Waals surface area (Å²) in [6, 6.07) is 21.7. The van der Waals surface area contributed by atoms with Gasteiger partial charge >= 0.3 is 0 Å². The molecule has 1 saturated heterocycles. The number of methoxy groups -OCH3 is 1. The number of hydrogen-bond acceptors (Lipinski definition) is 6. The van der Waals surface area contributed by atoms with Crippen molar-refractivity contribution in [2.75, 3.05) is 20.2 Å². The Morgan fingerprint density at radius 3 is 2.53 bits per heavy atom. The molecule has 0 unspecified atom stereocenters. The molecule has 36 heavy (non-hydrogen) atoms. The molecule has 1 fully saturated rings. The highest BCUT2D eigenvalue weighted by Crippen LogP contribution is 2.31. The van der Waals surface area contributed by atoms with Crippen LogP contribution in [0.15, 0.2) is 79.1 Å². The van der Waals surface area contributed by atoms with Crippen LogP contribution in [0.25, 0.3) is 27.6 Å². The van der Waals surface area contributed by atoms with Gasteiger partial charge in [-0.25, -0.2) is 4.98 Å². The van der Waals surface area contributed by atoms with E-state index in [1.54, 1.807) is 18.1 Å². The molecule has 7 nitrogen and oxygen atoms in total. The van der Waals surface area contributed by atoms with Crippen molar-refractivity contribution in [3.8, 4) is 11.1 Å². The van der Waals surface area contributed by atoms with Crippen LogP contribution in [-0.2, 0) is 11.2 Å². The summed E-state index contributed by atoms with van der Waals surface area (Å²) in [6.07, 6.45) is 5.22. The number of aromatic nitrogens is 2. The molecule has 180 valence electrons. The Bertz CT molecular complexity index is 1440. The topological polar surface area (TPSA) is 105 Å². The Labute approximate surface area is 209 Å². The summed E-state index contributed by atoms with van der Waals surface area (Å²) >= 11 is 0. The van der Waals surface area contributed by atoms with E-state index in [-0.39, 0.29) is 12.0 Å². The number of hydrogen-bond donors (Lipinski definition) is 2. The average Bonchev–Trinajstić information content (AvgIpc) is 2.90. The molecule has 0 atom stereocenters. The lowest BCUT2D eigenvalue weighted by molar-refractivity contribution is -0.0194. The van der Waals surface area contributed by atoms with Gasteiger partial charge in [-0.2, -0.15) is 0 Å². The third-order valence-electron chi connectivity index (χ3n) is 6.58. The maximum Gasteiger partial charge on any atom is 0.272 e. The molecule has 0 aliphatic carbocycles. The van der Waals surface area contributed by atoms with Crippen LogP contribution >= 0.6 is 0 Å². The van der Waals surface area contributed by atoms with Gasteiger partial charge in [-0.1, -0.05) is 54.6 Å². The number of benzene rings is 2. The number of carbonyl (C=O) groups is 1. The standard InChI is InChI=1S/C29H27N5O2/c1-36-23-17-34(18-23)29(35)26-12-11-24-27(13-19-5-3-2-4-6-19)32-16-25(28(24)33-26)21-9-7-20(8-10-21)22(14-30)15-31/h2-12,14-16,23,30H,13,17-18,31H2,1H3/b22-15+,30-14?. The second-order valence-corrected chi connectivity index (χ2v) is 8.79. The van der Waals surface area contributed by atoms with Gasteiger partial charge in [0.05, 0.1) is 17.3 Å². The Balaban J connectivity index is 1.58. The number of pyridine rings is 2. The number of rotatable bonds is 7. The first kappa shape index (κ1) is 23.4. The lowest BCUT2D eigenvalue weighted by Crippen LogP contribution is -2.54. The number of fused-ring (bicyclic) bond motifs is 1. The monoisotopic (exact) mass is 477 g/mol. The molecule has 2 aromatic carbocycles. The smallest absolute Gasteiger partial charge is 0.272 e. The summed E-state index contributed by atoms with van der Waals surface area (Å²) in [5, 5.41) is 8.46. The fourth-order valence-corrected chi connectivity index (χ4v) is 4.42. The van der Waals surface area contributed by atoms with Gasteiger partial charge in [0.1, 0.15) is 5.69 Å². The van der Waals surface area contributed by atoms with Crippen molar-refractivity contribution in [2.45, 2.75) is 12.5 Å². The van der Waals surface area contributed by atoms with Crippen LogP contribution in [0.2, 0.25) is 0 Å². The van der Waals surface area contributed by atoms with E-state index in [1.807, 2.05) is 54.7 Å². The molecular formula is C29H27N5O2. The van der Waals surface area contributed by atoms with Gasteiger partial charge in [-0.3, -0.25) is 9.78 Å². The quantitative estimate of drug-likeness (QED) is 0.386. The Hall–Kier alpha value is -4.36. The first-order valence-electron chi connectivity index (χ1n) is 11.8. The largest absolute Gasteiger partial charge is 0.404 e. The number of nitrogens with zero attached hydrogens (tertiary/aromatic N) is 3. The predicted octanol–water partition coefficient (Wildman–Crippen LogP) is 4.31. The van der Waals surface area contributed by atoms with Crippen molar-refractivity contribution in [3.63, 3.8) is 0 Å². The Morgan fingerprint density at radius 1 is 1.11 bits per heavy atom. The van der Waals surface area contributed by atoms with Gasteiger partial charge < -0.3 is 20.8 Å². The number of nitrogens with one attached hydrogen (secondary N) is 1. The summed E-state index contributed by atoms with van der Waals surface area (Å²) in [7, 11) is 1.66. The Morgan fingerprint density at radius 2 is 1.86 bits per heavy atom. The highest BCUT2D eigenvalue weighted by molar-refractivity contribution is 6.08. The Kier molecular flexibility index (Phi) is 6.56. The highest BCUT2D eigenvalue weighted by atomic mass is 16.5. The van der Waals surface area contributed by atoms with Crippen molar-refractivity contribution in [1.82, 2.24) is 14.9 Å². The summed E-state index contributed by atoms with van der Waals surface area (Å²) in [6.45, 7) is 1.14. The SMILES string of the molecule is COC1CN(C(=O)c2ccc3c(Cc4ccccc4)ncc(-c4ccc(/C(C=N)=C/N)cc4)c3n2)C1. The molecule has 2 aromatic heterocycles. The third-order valence-corrected chi connectivity index (χ3v) is 6.58. The first-order valence-corrected chi connectivity index (χ1v) is 11.8. The number of allylic oxidation sites excluding steroid dienone is 1.